The third-order valence-corrected chi connectivity index (χ3v) is 4.55. The predicted octanol–water partition coefficient (Wildman–Crippen LogP) is 4.72. The van der Waals surface area contributed by atoms with Crippen LogP contribution in [-0.2, 0) is 6.54 Å². The lowest BCUT2D eigenvalue weighted by atomic mass is 10.1. The SMILES string of the molecule is CCCCN(c1ccc(CNC(C)C)c(Br)c1)C1CC1. The molecule has 2 rings (SSSR count). The quantitative estimate of drug-likeness (QED) is 0.737. The minimum atomic E-state index is 0.522. The van der Waals surface area contributed by atoms with E-state index in [2.05, 4.69) is 65.1 Å². The van der Waals surface area contributed by atoms with Crippen molar-refractivity contribution < 1.29 is 0 Å². The van der Waals surface area contributed by atoms with Gasteiger partial charge in [-0.1, -0.05) is 49.2 Å². The van der Waals surface area contributed by atoms with Crippen molar-refractivity contribution in [2.75, 3.05) is 11.4 Å². The third-order valence-electron chi connectivity index (χ3n) is 3.81. The van der Waals surface area contributed by atoms with Crippen LogP contribution in [0.3, 0.4) is 0 Å². The first kappa shape index (κ1) is 15.8. The van der Waals surface area contributed by atoms with Crippen LogP contribution in [0, 0.1) is 0 Å². The summed E-state index contributed by atoms with van der Waals surface area (Å²) in [6.07, 6.45) is 5.27. The number of rotatable bonds is 8. The Balaban J connectivity index is 2.05. The number of nitrogens with one attached hydrogen (secondary N) is 1. The molecule has 112 valence electrons. The first-order chi connectivity index (χ1) is 9.61. The minimum Gasteiger partial charge on any atom is -0.369 e. The average Bonchev–Trinajstić information content (AvgIpc) is 3.22. The Hall–Kier alpha value is -0.540. The summed E-state index contributed by atoms with van der Waals surface area (Å²) in [5.41, 5.74) is 2.72. The molecule has 1 N–H and O–H groups in total. The van der Waals surface area contributed by atoms with Crippen molar-refractivity contribution in [3.63, 3.8) is 0 Å². The van der Waals surface area contributed by atoms with Crippen molar-refractivity contribution in [3.8, 4) is 0 Å². The lowest BCUT2D eigenvalue weighted by Gasteiger charge is -2.25. The molecule has 0 unspecified atom stereocenters. The number of anilines is 1. The molecule has 3 heteroatoms. The van der Waals surface area contributed by atoms with Gasteiger partial charge in [0.25, 0.3) is 0 Å². The molecule has 1 aliphatic rings. The largest absolute Gasteiger partial charge is 0.369 e. The predicted molar refractivity (Wildman–Crippen MR) is 91.4 cm³/mol. The molecule has 0 amide bonds. The van der Waals surface area contributed by atoms with E-state index in [0.29, 0.717) is 6.04 Å². The first-order valence-electron chi connectivity index (χ1n) is 7.90. The molecule has 0 radical (unpaired) electrons. The van der Waals surface area contributed by atoms with E-state index < -0.39 is 0 Å². The van der Waals surface area contributed by atoms with E-state index in [1.165, 1.54) is 48.0 Å². The molecule has 0 bridgehead atoms. The number of nitrogens with zero attached hydrogens (tertiary/aromatic N) is 1. The number of hydrogen-bond acceptors (Lipinski definition) is 2. The summed E-state index contributed by atoms with van der Waals surface area (Å²) in [5.74, 6) is 0. The summed E-state index contributed by atoms with van der Waals surface area (Å²) in [4.78, 5) is 2.59. The number of hydrogen-bond donors (Lipinski definition) is 1. The molecule has 1 aliphatic carbocycles. The molecular weight excluding hydrogens is 312 g/mol. The Labute approximate surface area is 132 Å². The fraction of sp³-hybridized carbons (Fsp3) is 0.647. The molecule has 0 saturated heterocycles. The van der Waals surface area contributed by atoms with E-state index in [0.717, 1.165) is 12.6 Å². The van der Waals surface area contributed by atoms with E-state index in [9.17, 15) is 0 Å². The molecular formula is C17H27BrN2. The normalized spacial score (nSPS) is 14.8. The van der Waals surface area contributed by atoms with Crippen molar-refractivity contribution in [2.45, 2.75) is 65.1 Å². The highest BCUT2D eigenvalue weighted by atomic mass is 79.9. The summed E-state index contributed by atoms with van der Waals surface area (Å²) in [7, 11) is 0. The van der Waals surface area contributed by atoms with E-state index in [-0.39, 0.29) is 0 Å². The molecule has 1 saturated carbocycles. The summed E-state index contributed by atoms with van der Waals surface area (Å²) in [6, 6.07) is 8.15. The Morgan fingerprint density at radius 1 is 1.35 bits per heavy atom. The third kappa shape index (κ3) is 4.49. The van der Waals surface area contributed by atoms with E-state index in [1.807, 2.05) is 0 Å². The van der Waals surface area contributed by atoms with Gasteiger partial charge < -0.3 is 10.2 Å². The lowest BCUT2D eigenvalue weighted by Crippen LogP contribution is -2.27. The second-order valence-corrected chi connectivity index (χ2v) is 6.94. The van der Waals surface area contributed by atoms with Crippen molar-refractivity contribution in [3.05, 3.63) is 28.2 Å². The highest BCUT2D eigenvalue weighted by molar-refractivity contribution is 9.10. The fourth-order valence-electron chi connectivity index (χ4n) is 2.41. The second-order valence-electron chi connectivity index (χ2n) is 6.09. The van der Waals surface area contributed by atoms with Gasteiger partial charge in [0.15, 0.2) is 0 Å². The fourth-order valence-corrected chi connectivity index (χ4v) is 2.92. The molecule has 20 heavy (non-hydrogen) atoms. The maximum Gasteiger partial charge on any atom is 0.0380 e. The Kier molecular flexibility index (Phi) is 5.91. The summed E-state index contributed by atoms with van der Waals surface area (Å²) >= 11 is 3.74. The first-order valence-corrected chi connectivity index (χ1v) is 8.69. The van der Waals surface area contributed by atoms with Gasteiger partial charge in [0, 0.05) is 35.3 Å². The van der Waals surface area contributed by atoms with Crippen LogP contribution in [-0.4, -0.2) is 18.6 Å². The lowest BCUT2D eigenvalue weighted by molar-refractivity contribution is 0.588. The Morgan fingerprint density at radius 2 is 2.10 bits per heavy atom. The van der Waals surface area contributed by atoms with Gasteiger partial charge in [-0.2, -0.15) is 0 Å². The van der Waals surface area contributed by atoms with E-state index in [4.69, 9.17) is 0 Å². The van der Waals surface area contributed by atoms with Gasteiger partial charge in [0.05, 0.1) is 0 Å². The van der Waals surface area contributed by atoms with Crippen molar-refractivity contribution in [1.82, 2.24) is 5.32 Å². The van der Waals surface area contributed by atoms with Crippen molar-refractivity contribution in [2.24, 2.45) is 0 Å². The molecule has 1 fully saturated rings. The van der Waals surface area contributed by atoms with Gasteiger partial charge in [0.1, 0.15) is 0 Å². The molecule has 1 aromatic rings. The maximum absolute atomic E-state index is 3.74. The van der Waals surface area contributed by atoms with Gasteiger partial charge in [0.2, 0.25) is 0 Å². The van der Waals surface area contributed by atoms with Crippen LogP contribution in [0.4, 0.5) is 5.69 Å². The molecule has 0 atom stereocenters. The summed E-state index contributed by atoms with van der Waals surface area (Å²) in [5, 5.41) is 3.48. The Bertz CT molecular complexity index is 427. The van der Waals surface area contributed by atoms with Crippen LogP contribution in [0.25, 0.3) is 0 Å². The van der Waals surface area contributed by atoms with Crippen LogP contribution in [0.15, 0.2) is 22.7 Å². The van der Waals surface area contributed by atoms with Gasteiger partial charge in [-0.25, -0.2) is 0 Å². The highest BCUT2D eigenvalue weighted by Gasteiger charge is 2.28. The molecule has 0 aromatic heterocycles. The number of halogens is 1. The topological polar surface area (TPSA) is 15.3 Å². The van der Waals surface area contributed by atoms with Gasteiger partial charge >= 0.3 is 0 Å². The number of benzene rings is 1. The highest BCUT2D eigenvalue weighted by Crippen LogP contribution is 2.34. The van der Waals surface area contributed by atoms with Crippen LogP contribution in [0.1, 0.15) is 52.0 Å². The summed E-state index contributed by atoms with van der Waals surface area (Å²) < 4.78 is 1.23. The molecule has 1 aromatic carbocycles. The zero-order valence-corrected chi connectivity index (χ0v) is 14.5. The van der Waals surface area contributed by atoms with Crippen LogP contribution >= 0.6 is 15.9 Å². The van der Waals surface area contributed by atoms with Gasteiger partial charge in [-0.05, 0) is 37.0 Å². The summed E-state index contributed by atoms with van der Waals surface area (Å²) in [6.45, 7) is 8.75. The molecule has 0 aliphatic heterocycles. The van der Waals surface area contributed by atoms with E-state index in [1.54, 1.807) is 0 Å². The van der Waals surface area contributed by atoms with Crippen LogP contribution in [0.5, 0.6) is 0 Å². The molecule has 0 heterocycles. The molecule has 0 spiro atoms. The smallest absolute Gasteiger partial charge is 0.0380 e. The zero-order valence-electron chi connectivity index (χ0n) is 13.0. The van der Waals surface area contributed by atoms with Gasteiger partial charge in [-0.3, -0.25) is 0 Å². The van der Waals surface area contributed by atoms with Crippen molar-refractivity contribution >= 4 is 21.6 Å². The Morgan fingerprint density at radius 3 is 2.65 bits per heavy atom. The number of unbranched alkanes of at least 4 members (excludes halogenated alkanes) is 1. The van der Waals surface area contributed by atoms with E-state index >= 15 is 0 Å². The second kappa shape index (κ2) is 7.46. The maximum atomic E-state index is 3.74. The average molecular weight is 339 g/mol. The molecule has 2 nitrogen and oxygen atoms in total. The monoisotopic (exact) mass is 338 g/mol. The van der Waals surface area contributed by atoms with Crippen LogP contribution < -0.4 is 10.2 Å². The van der Waals surface area contributed by atoms with Crippen LogP contribution in [0.2, 0.25) is 0 Å². The zero-order chi connectivity index (χ0) is 14.5. The minimum absolute atomic E-state index is 0.522. The standard InChI is InChI=1S/C17H27BrN2/c1-4-5-10-20(15-8-9-15)16-7-6-14(17(18)11-16)12-19-13(2)3/h6-7,11,13,15,19H,4-5,8-10,12H2,1-3H3. The van der Waals surface area contributed by atoms with Gasteiger partial charge in [-0.15, -0.1) is 0 Å². The van der Waals surface area contributed by atoms with Crippen molar-refractivity contribution in [1.29, 1.82) is 0 Å².